The van der Waals surface area contributed by atoms with Crippen molar-refractivity contribution >= 4 is 124 Å². The zero-order chi connectivity index (χ0) is 74.7. The van der Waals surface area contributed by atoms with Crippen molar-refractivity contribution in [2.24, 2.45) is 22.9 Å². The van der Waals surface area contributed by atoms with Crippen molar-refractivity contribution in [1.82, 2.24) is 73.8 Å². The third-order valence-electron chi connectivity index (χ3n) is 12.8. The lowest BCUT2D eigenvalue weighted by Gasteiger charge is -2.26. The Morgan fingerprint density at radius 2 is 0.643 bits per heavy atom. The molecule has 11 atom stereocenters. The average Bonchev–Trinajstić information content (AvgIpc) is 0.945. The molecule has 1 aromatic rings. The molecule has 0 saturated carbocycles. The van der Waals surface area contributed by atoms with Crippen LogP contribution in [0.1, 0.15) is 76.3 Å². The van der Waals surface area contributed by atoms with Gasteiger partial charge in [-0.2, -0.15) is 0 Å². The number of carbonyl (C=O) groups excluding carboxylic acids is 15. The summed E-state index contributed by atoms with van der Waals surface area (Å²) < 4.78 is 0. The van der Waals surface area contributed by atoms with E-state index >= 15 is 0 Å². The van der Waals surface area contributed by atoms with Crippen LogP contribution in [-0.4, -0.2) is 268 Å². The lowest BCUT2D eigenvalue weighted by molar-refractivity contribution is -0.145. The highest BCUT2D eigenvalue weighted by molar-refractivity contribution is 6.01. The van der Waals surface area contributed by atoms with Crippen LogP contribution in [0.5, 0.6) is 0 Å². The van der Waals surface area contributed by atoms with Crippen LogP contribution >= 0.6 is 0 Å². The molecule has 0 radical (unpaired) electrons. The summed E-state index contributed by atoms with van der Waals surface area (Å²) in [5.41, 5.74) is 21.2. The Labute approximate surface area is 549 Å². The highest BCUT2D eigenvalue weighted by Crippen LogP contribution is 2.09. The molecule has 542 valence electrons. The Morgan fingerprint density at radius 3 is 0.929 bits per heavy atom. The third-order valence-corrected chi connectivity index (χ3v) is 12.8. The van der Waals surface area contributed by atoms with Gasteiger partial charge in [0.2, 0.25) is 88.6 Å². The largest absolute Gasteiger partial charge is 0.481 e. The number of carboxylic acid groups (broad SMARTS) is 6. The first-order valence-electron chi connectivity index (χ1n) is 28.5. The topological polar surface area (TPSA) is 797 Å². The summed E-state index contributed by atoms with van der Waals surface area (Å²) in [5.74, 6) is -30.8. The Hall–Kier alpha value is -12.0. The second-order valence-corrected chi connectivity index (χ2v) is 20.8. The van der Waals surface area contributed by atoms with Crippen LogP contribution in [0.25, 0.3) is 0 Å². The molecule has 1 aromatic heterocycles. The molecule has 0 aromatic carbocycles. The van der Waals surface area contributed by atoms with Gasteiger partial charge in [-0.1, -0.05) is 0 Å². The molecule has 47 nitrogen and oxygen atoms in total. The minimum Gasteiger partial charge on any atom is -0.481 e. The SMILES string of the molecule is NC(=O)CC[C@H](NC(=O)[C@H](Cc1cnc[nH]1)NC(=O)CNC(=O)[C@H](CC(=O)O)NC(=O)CNC(=O)[C@H](CC(=O)O)NC(=O)[C@H](CCC(N)=O)NC(=O)[C@H](CC(=O)O)NC(=O)[C@H](CCC(N)=O)NC(=O)[C@H](CC(=O)O)NC(=O)[C@@H](N)CO)C(=O)N[C@@H](CC(=O)O)C(=O)N[C@@H](CO)C(=O)O. The monoisotopic (exact) mass is 1400 g/mol. The van der Waals surface area contributed by atoms with Crippen LogP contribution < -0.4 is 86.7 Å². The predicted molar refractivity (Wildman–Crippen MR) is 314 cm³/mol. The van der Waals surface area contributed by atoms with Gasteiger partial charge in [-0.15, -0.1) is 0 Å². The Morgan fingerprint density at radius 1 is 0.367 bits per heavy atom. The summed E-state index contributed by atoms with van der Waals surface area (Å²) in [4.78, 5) is 272. The van der Waals surface area contributed by atoms with Gasteiger partial charge in [0, 0.05) is 37.6 Å². The van der Waals surface area contributed by atoms with Crippen molar-refractivity contribution in [3.8, 4) is 0 Å². The number of imidazole rings is 1. The number of nitrogens with zero attached hydrogens (tertiary/aromatic N) is 1. The lowest BCUT2D eigenvalue weighted by Crippen LogP contribution is -2.60. The molecule has 0 saturated heterocycles. The highest BCUT2D eigenvalue weighted by atomic mass is 16.4. The summed E-state index contributed by atoms with van der Waals surface area (Å²) in [6.07, 6.45) is -8.80. The number of carboxylic acids is 6. The quantitative estimate of drug-likeness (QED) is 0.0288. The maximum Gasteiger partial charge on any atom is 0.328 e. The van der Waals surface area contributed by atoms with E-state index in [0.29, 0.717) is 0 Å². The molecule has 29 N–H and O–H groups in total. The molecule has 15 amide bonds. The summed E-state index contributed by atoms with van der Waals surface area (Å²) in [6.45, 7) is -4.53. The number of aromatic nitrogens is 2. The van der Waals surface area contributed by atoms with E-state index < -0.39 is 294 Å². The zero-order valence-corrected chi connectivity index (χ0v) is 51.2. The number of nitrogens with two attached hydrogens (primary N) is 4. The predicted octanol–water partition coefficient (Wildman–Crippen LogP) is -14.4. The summed E-state index contributed by atoms with van der Waals surface area (Å²) >= 11 is 0. The van der Waals surface area contributed by atoms with Crippen LogP contribution in [-0.2, 0) is 107 Å². The number of H-pyrrole nitrogens is 1. The number of aliphatic hydroxyl groups is 2. The molecule has 0 bridgehead atoms. The lowest BCUT2D eigenvalue weighted by atomic mass is 10.1. The minimum absolute atomic E-state index is 0.128. The van der Waals surface area contributed by atoms with E-state index in [1.54, 1.807) is 5.32 Å². The number of aliphatic hydroxyl groups excluding tert-OH is 2. The van der Waals surface area contributed by atoms with Crippen molar-refractivity contribution < 1.29 is 142 Å². The summed E-state index contributed by atoms with van der Waals surface area (Å²) in [7, 11) is 0. The molecule has 47 heteroatoms. The number of rotatable bonds is 48. The van der Waals surface area contributed by atoms with Gasteiger partial charge in [0.25, 0.3) is 0 Å². The van der Waals surface area contributed by atoms with Crippen LogP contribution in [0.3, 0.4) is 0 Å². The fraction of sp³-hybridized carbons (Fsp3) is 0.529. The first kappa shape index (κ1) is 84.0. The number of hydrogen-bond acceptors (Lipinski definition) is 25. The molecule has 0 aliphatic carbocycles. The van der Waals surface area contributed by atoms with E-state index in [0.717, 1.165) is 6.33 Å². The Kier molecular flexibility index (Phi) is 36.3. The molecule has 0 unspecified atom stereocenters. The standard InChI is InChI=1S/C51H74N18O29/c52-20(16-70)41(87)65-27(10-38(81)82)48(94)63-23(3-6-33(55)74)46(92)67-28(11-39(83)84)49(95)64-21(1-4-31(53)72)44(90)66-26(9-37(79)80)43(89)58-15-35(76)61-25(8-36(77)78)42(88)57-14-34(75)60-24(7-19-13-56-18-59-19)47(93)62-22(2-5-32(54)73)45(91)68-29(12-40(85)86)50(96)69-30(17-71)51(97)98/h13,18,20-30,70-71H,1-12,14-17,52H2,(H2,53,72)(H2,54,73)(H2,55,74)(H,56,59)(H,57,88)(H,58,89)(H,60,75)(H,61,76)(H,62,93)(H,63,94)(H,64,95)(H,65,87)(H,66,90)(H,67,92)(H,68,91)(H,69,96)(H,77,78)(H,79,80)(H,81,82)(H,83,84)(H,85,86)(H,97,98)/t20-,21-,22-,23-,24-,25-,26-,27-,28-,29-,30-/m0/s1. The van der Waals surface area contributed by atoms with E-state index in [9.17, 15) is 142 Å². The van der Waals surface area contributed by atoms with Crippen molar-refractivity contribution in [3.63, 3.8) is 0 Å². The van der Waals surface area contributed by atoms with Gasteiger partial charge < -0.3 is 133 Å². The number of primary amides is 3. The number of carbonyl (C=O) groups is 21. The Balaban J connectivity index is 3.39. The first-order chi connectivity index (χ1) is 45.8. The van der Waals surface area contributed by atoms with Crippen molar-refractivity contribution in [3.05, 3.63) is 18.2 Å². The minimum atomic E-state index is -2.27. The maximum atomic E-state index is 13.8. The fourth-order valence-corrected chi connectivity index (χ4v) is 7.94. The van der Waals surface area contributed by atoms with Crippen LogP contribution in [0, 0.1) is 0 Å². The Bertz CT molecular complexity index is 3150. The molecule has 1 heterocycles. The number of aromatic amines is 1. The van der Waals surface area contributed by atoms with Crippen LogP contribution in [0.4, 0.5) is 0 Å². The van der Waals surface area contributed by atoms with Crippen molar-refractivity contribution in [2.75, 3.05) is 26.3 Å². The normalized spacial score (nSPS) is 14.1. The van der Waals surface area contributed by atoms with Crippen LogP contribution in [0.15, 0.2) is 12.5 Å². The van der Waals surface area contributed by atoms with E-state index in [2.05, 4.69) is 20.6 Å². The highest BCUT2D eigenvalue weighted by Gasteiger charge is 2.37. The van der Waals surface area contributed by atoms with Gasteiger partial charge in [-0.25, -0.2) is 9.78 Å². The fourth-order valence-electron chi connectivity index (χ4n) is 7.94. The molecule has 0 aliphatic rings. The number of nitrogens with one attached hydrogen (secondary N) is 13. The van der Waals surface area contributed by atoms with Gasteiger partial charge >= 0.3 is 35.8 Å². The summed E-state index contributed by atoms with van der Waals surface area (Å²) in [5, 5.41) is 99.0. The molecular formula is C51H74N18O29. The molecule has 1 rings (SSSR count). The molecule has 0 fully saturated rings. The van der Waals surface area contributed by atoms with E-state index in [4.69, 9.17) is 22.9 Å². The van der Waals surface area contributed by atoms with Crippen LogP contribution in [0.2, 0.25) is 0 Å². The molecule has 0 aliphatic heterocycles. The van der Waals surface area contributed by atoms with Crippen molar-refractivity contribution in [1.29, 1.82) is 0 Å². The first-order valence-corrected chi connectivity index (χ1v) is 28.5. The smallest absolute Gasteiger partial charge is 0.328 e. The van der Waals surface area contributed by atoms with E-state index in [-0.39, 0.29) is 5.69 Å². The van der Waals surface area contributed by atoms with Gasteiger partial charge in [0.1, 0.15) is 66.5 Å². The molecule has 0 spiro atoms. The van der Waals surface area contributed by atoms with Gasteiger partial charge in [0.05, 0.1) is 64.7 Å². The zero-order valence-electron chi connectivity index (χ0n) is 51.2. The second kappa shape index (κ2) is 42.3. The number of hydrogen-bond donors (Lipinski definition) is 25. The second-order valence-electron chi connectivity index (χ2n) is 20.8. The maximum absolute atomic E-state index is 13.8. The van der Waals surface area contributed by atoms with Gasteiger partial charge in [0.15, 0.2) is 0 Å². The molecular weight excluding hydrogens is 1330 g/mol. The molecule has 98 heavy (non-hydrogen) atoms. The van der Waals surface area contributed by atoms with Gasteiger partial charge in [-0.05, 0) is 19.3 Å². The number of aliphatic carboxylic acids is 6. The van der Waals surface area contributed by atoms with Crippen molar-refractivity contribution in [2.45, 2.75) is 144 Å². The van der Waals surface area contributed by atoms with E-state index in [1.165, 1.54) is 6.20 Å². The average molecular weight is 1400 g/mol. The summed E-state index contributed by atoms with van der Waals surface area (Å²) in [6, 6.07) is -22.1. The third kappa shape index (κ3) is 33.2. The van der Waals surface area contributed by atoms with Gasteiger partial charge in [-0.3, -0.25) is 95.9 Å². The number of amides is 15. The van der Waals surface area contributed by atoms with E-state index in [1.807, 2.05) is 47.9 Å².